The van der Waals surface area contributed by atoms with Crippen molar-refractivity contribution >= 4 is 36.1 Å². The number of guanidine groups is 2. The highest BCUT2D eigenvalue weighted by molar-refractivity contribution is 5.92. The zero-order chi connectivity index (χ0) is 27.3. The van der Waals surface area contributed by atoms with E-state index in [9.17, 15) is 19.2 Å². The number of hydrogen-bond donors (Lipinski definition) is 6. The molecule has 1 aliphatic rings. The largest absolute Gasteiger partial charge is 0.444 e. The van der Waals surface area contributed by atoms with Gasteiger partial charge in [-0.25, -0.2) is 4.79 Å². The minimum absolute atomic E-state index is 0.0466. The van der Waals surface area contributed by atoms with E-state index in [1.807, 2.05) is 0 Å². The summed E-state index contributed by atoms with van der Waals surface area (Å²) in [6, 6.07) is -2.44. The van der Waals surface area contributed by atoms with E-state index in [2.05, 4.69) is 20.6 Å². The molecule has 1 rings (SSSR count). The zero-order valence-corrected chi connectivity index (χ0v) is 21.4. The number of aliphatic imine (C=N–C) groups is 2. The van der Waals surface area contributed by atoms with Crippen molar-refractivity contribution in [2.24, 2.45) is 32.9 Å². The van der Waals surface area contributed by atoms with Crippen molar-refractivity contribution in [3.05, 3.63) is 0 Å². The van der Waals surface area contributed by atoms with Crippen molar-refractivity contribution in [3.8, 4) is 0 Å². The van der Waals surface area contributed by atoms with Gasteiger partial charge in [-0.3, -0.25) is 19.6 Å². The first kappa shape index (κ1) is 30.5. The lowest BCUT2D eigenvalue weighted by atomic mass is 10.1. The molecule has 0 bridgehead atoms. The molecule has 0 radical (unpaired) electrons. The number of rotatable bonds is 13. The van der Waals surface area contributed by atoms with Gasteiger partial charge in [-0.1, -0.05) is 0 Å². The maximum absolute atomic E-state index is 13.4. The predicted octanol–water partition coefficient (Wildman–Crippen LogP) is -1.34. The lowest BCUT2D eigenvalue weighted by Crippen LogP contribution is -2.55. The summed E-state index contributed by atoms with van der Waals surface area (Å²) in [5.74, 6) is -0.970. The molecule has 0 aliphatic carbocycles. The lowest BCUT2D eigenvalue weighted by Gasteiger charge is -2.30. The molecule has 204 valence electrons. The molecule has 1 heterocycles. The van der Waals surface area contributed by atoms with Crippen LogP contribution in [-0.4, -0.2) is 84.4 Å². The Labute approximate surface area is 211 Å². The van der Waals surface area contributed by atoms with Gasteiger partial charge in [-0.2, -0.15) is 0 Å². The number of likely N-dealkylation sites (tertiary alicyclic amines) is 1. The first-order valence-electron chi connectivity index (χ1n) is 12.0. The normalized spacial score (nSPS) is 16.9. The van der Waals surface area contributed by atoms with Crippen LogP contribution in [0.4, 0.5) is 4.79 Å². The van der Waals surface area contributed by atoms with E-state index in [-0.39, 0.29) is 24.9 Å². The minimum atomic E-state index is -0.941. The van der Waals surface area contributed by atoms with Crippen LogP contribution in [0.25, 0.3) is 0 Å². The van der Waals surface area contributed by atoms with Crippen molar-refractivity contribution in [3.63, 3.8) is 0 Å². The van der Waals surface area contributed by atoms with Crippen molar-refractivity contribution in [1.29, 1.82) is 0 Å². The van der Waals surface area contributed by atoms with Gasteiger partial charge in [-0.15, -0.1) is 0 Å². The number of hydrogen-bond acceptors (Lipinski definition) is 7. The number of carbonyl (C=O) groups excluding carboxylic acids is 4. The maximum Gasteiger partial charge on any atom is 0.408 e. The average Bonchev–Trinajstić information content (AvgIpc) is 3.25. The van der Waals surface area contributed by atoms with Crippen LogP contribution in [0.15, 0.2) is 9.98 Å². The van der Waals surface area contributed by atoms with Gasteiger partial charge in [0.25, 0.3) is 0 Å². The molecule has 36 heavy (non-hydrogen) atoms. The standard InChI is InChI=1S/C22H41N9O5/c1-22(2,3)36-21(35)30-15(8-5-11-28-20(25)26)18(34)31-12-6-9-16(31)17(33)29-14(13-32)7-4-10-27-19(23)24/h13-16H,4-12H2,1-3H3,(H,29,33)(H,30,35)(H4,23,24,27)(H4,25,26,28)/t14-,15+,16-/m0/s1. The molecular weight excluding hydrogens is 470 g/mol. The van der Waals surface area contributed by atoms with Crippen LogP contribution in [0.1, 0.15) is 59.3 Å². The first-order valence-corrected chi connectivity index (χ1v) is 12.0. The SMILES string of the molecule is CC(C)(C)OC(=O)N[C@H](CCCN=C(N)N)C(=O)N1CCC[C@H]1C(=O)N[C@H](C=O)CCCN=C(N)N. The second-order valence-electron chi connectivity index (χ2n) is 9.54. The molecule has 1 saturated heterocycles. The number of nitrogens with zero attached hydrogens (tertiary/aromatic N) is 3. The molecule has 0 aromatic carbocycles. The Bertz CT molecular complexity index is 817. The van der Waals surface area contributed by atoms with E-state index in [0.717, 1.165) is 0 Å². The number of nitrogens with one attached hydrogen (secondary N) is 2. The van der Waals surface area contributed by atoms with Gasteiger partial charge in [0, 0.05) is 19.6 Å². The van der Waals surface area contributed by atoms with Crippen molar-refractivity contribution in [1.82, 2.24) is 15.5 Å². The summed E-state index contributed by atoms with van der Waals surface area (Å²) in [5, 5.41) is 5.30. The molecule has 3 amide bonds. The topological polar surface area (TPSA) is 234 Å². The Morgan fingerprint density at radius 2 is 1.61 bits per heavy atom. The molecule has 0 aromatic rings. The third-order valence-electron chi connectivity index (χ3n) is 5.23. The fraction of sp³-hybridized carbons (Fsp3) is 0.727. The Morgan fingerprint density at radius 3 is 2.14 bits per heavy atom. The molecule has 0 saturated carbocycles. The second-order valence-corrected chi connectivity index (χ2v) is 9.54. The third kappa shape index (κ3) is 11.7. The third-order valence-corrected chi connectivity index (χ3v) is 5.23. The van der Waals surface area contributed by atoms with E-state index in [1.54, 1.807) is 20.8 Å². The number of amides is 3. The number of carbonyl (C=O) groups is 4. The van der Waals surface area contributed by atoms with Crippen LogP contribution in [0.3, 0.4) is 0 Å². The summed E-state index contributed by atoms with van der Waals surface area (Å²) in [6.07, 6.45) is 2.43. The first-order chi connectivity index (χ1) is 16.8. The quantitative estimate of drug-likeness (QED) is 0.0742. The fourth-order valence-electron chi connectivity index (χ4n) is 3.69. The number of alkyl carbamates (subject to hydrolysis) is 1. The summed E-state index contributed by atoms with van der Waals surface area (Å²) in [4.78, 5) is 59.4. The number of nitrogens with two attached hydrogens (primary N) is 4. The molecular formula is C22H41N9O5. The van der Waals surface area contributed by atoms with E-state index < -0.39 is 41.6 Å². The van der Waals surface area contributed by atoms with Crippen molar-refractivity contribution < 1.29 is 23.9 Å². The monoisotopic (exact) mass is 511 g/mol. The van der Waals surface area contributed by atoms with Gasteiger partial charge >= 0.3 is 6.09 Å². The average molecular weight is 512 g/mol. The molecule has 3 atom stereocenters. The van der Waals surface area contributed by atoms with Gasteiger partial charge in [0.05, 0.1) is 6.04 Å². The molecule has 10 N–H and O–H groups in total. The van der Waals surface area contributed by atoms with E-state index in [1.165, 1.54) is 4.90 Å². The smallest absolute Gasteiger partial charge is 0.408 e. The lowest BCUT2D eigenvalue weighted by molar-refractivity contribution is -0.140. The molecule has 1 fully saturated rings. The molecule has 14 nitrogen and oxygen atoms in total. The summed E-state index contributed by atoms with van der Waals surface area (Å²) in [6.45, 7) is 6.08. The molecule has 0 aromatic heterocycles. The maximum atomic E-state index is 13.4. The van der Waals surface area contributed by atoms with Crippen LogP contribution in [0.5, 0.6) is 0 Å². The van der Waals surface area contributed by atoms with E-state index >= 15 is 0 Å². The summed E-state index contributed by atoms with van der Waals surface area (Å²) in [7, 11) is 0. The minimum Gasteiger partial charge on any atom is -0.444 e. The molecule has 0 unspecified atom stereocenters. The highest BCUT2D eigenvalue weighted by Gasteiger charge is 2.38. The number of aldehydes is 1. The molecule has 14 heteroatoms. The fourth-order valence-corrected chi connectivity index (χ4v) is 3.69. The van der Waals surface area contributed by atoms with Crippen LogP contribution in [0, 0.1) is 0 Å². The van der Waals surface area contributed by atoms with Crippen molar-refractivity contribution in [2.75, 3.05) is 19.6 Å². The Balaban J connectivity index is 2.87. The Kier molecular flexibility index (Phi) is 12.5. The highest BCUT2D eigenvalue weighted by atomic mass is 16.6. The van der Waals surface area contributed by atoms with Gasteiger partial charge in [0.2, 0.25) is 11.8 Å². The molecule has 0 spiro atoms. The Hall–Kier alpha value is -3.58. The van der Waals surface area contributed by atoms with Gasteiger partial charge < -0.3 is 48.0 Å². The van der Waals surface area contributed by atoms with Crippen LogP contribution in [0.2, 0.25) is 0 Å². The van der Waals surface area contributed by atoms with E-state index in [0.29, 0.717) is 51.5 Å². The van der Waals surface area contributed by atoms with Crippen LogP contribution >= 0.6 is 0 Å². The highest BCUT2D eigenvalue weighted by Crippen LogP contribution is 2.20. The second kappa shape index (κ2) is 14.7. The molecule has 1 aliphatic heterocycles. The summed E-state index contributed by atoms with van der Waals surface area (Å²) in [5.41, 5.74) is 20.5. The van der Waals surface area contributed by atoms with Crippen LogP contribution in [-0.2, 0) is 19.1 Å². The predicted molar refractivity (Wildman–Crippen MR) is 136 cm³/mol. The van der Waals surface area contributed by atoms with Gasteiger partial charge in [0.1, 0.15) is 24.0 Å². The number of ether oxygens (including phenoxy) is 1. The van der Waals surface area contributed by atoms with Gasteiger partial charge in [0.15, 0.2) is 11.9 Å². The zero-order valence-electron chi connectivity index (χ0n) is 21.4. The van der Waals surface area contributed by atoms with Crippen LogP contribution < -0.4 is 33.6 Å². The van der Waals surface area contributed by atoms with Gasteiger partial charge in [-0.05, 0) is 59.3 Å². The van der Waals surface area contributed by atoms with E-state index in [4.69, 9.17) is 27.7 Å². The van der Waals surface area contributed by atoms with Crippen molar-refractivity contribution in [2.45, 2.75) is 83.0 Å². The summed E-state index contributed by atoms with van der Waals surface area (Å²) < 4.78 is 5.30. The Morgan fingerprint density at radius 1 is 1.03 bits per heavy atom. The summed E-state index contributed by atoms with van der Waals surface area (Å²) >= 11 is 0.